The Kier molecular flexibility index (Phi) is 6.36. The molecule has 0 amide bonds. The van der Waals surface area contributed by atoms with Gasteiger partial charge in [0.2, 0.25) is 0 Å². The summed E-state index contributed by atoms with van der Waals surface area (Å²) in [6, 6.07) is 16.0. The first kappa shape index (κ1) is 23.8. The second-order valence-corrected chi connectivity index (χ2v) is 10.8. The molecule has 3 aromatic carbocycles. The number of anilines is 1. The van der Waals surface area contributed by atoms with Gasteiger partial charge in [-0.3, -0.25) is 4.31 Å². The molecular weight excluding hydrogens is 447 g/mol. The van der Waals surface area contributed by atoms with Crippen LogP contribution < -0.4 is 9.62 Å². The molecule has 0 radical (unpaired) electrons. The van der Waals surface area contributed by atoms with Gasteiger partial charge in [-0.25, -0.2) is 12.8 Å². The van der Waals surface area contributed by atoms with Crippen LogP contribution in [0.15, 0.2) is 72.7 Å². The lowest BCUT2D eigenvalue weighted by Gasteiger charge is -2.23. The first-order valence-electron chi connectivity index (χ1n) is 11.2. The van der Waals surface area contributed by atoms with Crippen molar-refractivity contribution in [3.8, 4) is 11.1 Å². The number of rotatable bonds is 8. The minimum Gasteiger partial charge on any atom is -0.382 e. The third-order valence-corrected chi connectivity index (χ3v) is 7.96. The molecule has 1 aliphatic rings. The van der Waals surface area contributed by atoms with E-state index >= 15 is 0 Å². The summed E-state index contributed by atoms with van der Waals surface area (Å²) >= 11 is 0. The van der Waals surface area contributed by atoms with Crippen LogP contribution in [0.5, 0.6) is 0 Å². The number of nitrogens with zero attached hydrogens (tertiary/aromatic N) is 1. The molecular formula is C28H29FN2O2S. The number of benzene rings is 3. The molecule has 1 N–H and O–H groups in total. The van der Waals surface area contributed by atoms with Crippen molar-refractivity contribution in [2.24, 2.45) is 0 Å². The zero-order valence-electron chi connectivity index (χ0n) is 19.7. The molecule has 4 rings (SSSR count). The van der Waals surface area contributed by atoms with Gasteiger partial charge in [0.1, 0.15) is 5.82 Å². The smallest absolute Gasteiger partial charge is 0.264 e. The van der Waals surface area contributed by atoms with E-state index in [0.717, 1.165) is 29.5 Å². The summed E-state index contributed by atoms with van der Waals surface area (Å²) in [5.74, 6) is -0.311. The molecule has 0 saturated heterocycles. The summed E-state index contributed by atoms with van der Waals surface area (Å²) in [4.78, 5) is 0.224. The minimum absolute atomic E-state index is 0.224. The van der Waals surface area contributed by atoms with Crippen molar-refractivity contribution in [3.63, 3.8) is 0 Å². The second kappa shape index (κ2) is 9.11. The number of hydrogen-bond acceptors (Lipinski definition) is 3. The van der Waals surface area contributed by atoms with Gasteiger partial charge in [-0.2, -0.15) is 0 Å². The molecule has 3 aromatic rings. The summed E-state index contributed by atoms with van der Waals surface area (Å²) in [7, 11) is -2.23. The van der Waals surface area contributed by atoms with Gasteiger partial charge in [0.25, 0.3) is 10.0 Å². The van der Waals surface area contributed by atoms with Crippen LogP contribution in [0, 0.1) is 19.7 Å². The quantitative estimate of drug-likeness (QED) is 0.415. The average molecular weight is 477 g/mol. The van der Waals surface area contributed by atoms with Crippen LogP contribution in [0.3, 0.4) is 0 Å². The van der Waals surface area contributed by atoms with Gasteiger partial charge in [-0.15, -0.1) is 0 Å². The van der Waals surface area contributed by atoms with E-state index in [1.165, 1.54) is 17.4 Å². The maximum absolute atomic E-state index is 14.8. The zero-order valence-corrected chi connectivity index (χ0v) is 20.5. The second-order valence-electron chi connectivity index (χ2n) is 8.79. The monoisotopic (exact) mass is 476 g/mol. The van der Waals surface area contributed by atoms with Gasteiger partial charge in [0.05, 0.1) is 10.6 Å². The first-order valence-corrected chi connectivity index (χ1v) is 12.6. The molecule has 176 valence electrons. The number of hydrogen-bond donors (Lipinski definition) is 1. The number of nitrogens with one attached hydrogen (secondary N) is 1. The fraction of sp³-hybridized carbons (Fsp3) is 0.214. The van der Waals surface area contributed by atoms with Gasteiger partial charge in [-0.05, 0) is 90.9 Å². The molecule has 6 heteroatoms. The Morgan fingerprint density at radius 2 is 1.85 bits per heavy atom. The molecule has 0 unspecified atom stereocenters. The Hall–Kier alpha value is -3.38. The fourth-order valence-corrected chi connectivity index (χ4v) is 5.27. The Labute approximate surface area is 201 Å². The minimum atomic E-state index is -3.76. The third-order valence-electron chi connectivity index (χ3n) is 6.19. The van der Waals surface area contributed by atoms with E-state index in [2.05, 4.69) is 18.5 Å². The van der Waals surface area contributed by atoms with Crippen molar-refractivity contribution < 1.29 is 12.8 Å². The molecule has 0 spiro atoms. The van der Waals surface area contributed by atoms with Gasteiger partial charge >= 0.3 is 0 Å². The lowest BCUT2D eigenvalue weighted by atomic mass is 9.95. The number of halogens is 1. The highest BCUT2D eigenvalue weighted by atomic mass is 32.2. The Balaban J connectivity index is 1.73. The molecule has 0 heterocycles. The molecule has 1 fully saturated rings. The largest absolute Gasteiger partial charge is 0.382 e. The van der Waals surface area contributed by atoms with Gasteiger partial charge in [0.15, 0.2) is 0 Å². The van der Waals surface area contributed by atoms with Crippen molar-refractivity contribution in [1.82, 2.24) is 5.32 Å². The SMILES string of the molecule is C=Cc1cc(-c2cc(C(=C)NC3CC3)cc(F)c2C)ccc1N(C)S(=O)(=O)c1cccc(C)c1. The van der Waals surface area contributed by atoms with Gasteiger partial charge < -0.3 is 5.32 Å². The predicted octanol–water partition coefficient (Wildman–Crippen LogP) is 6.30. The number of aryl methyl sites for hydroxylation is 1. The van der Waals surface area contributed by atoms with E-state index in [1.807, 2.05) is 31.2 Å². The molecule has 34 heavy (non-hydrogen) atoms. The lowest BCUT2D eigenvalue weighted by molar-refractivity contribution is 0.594. The van der Waals surface area contributed by atoms with E-state index < -0.39 is 10.0 Å². The Morgan fingerprint density at radius 1 is 1.12 bits per heavy atom. The molecule has 1 saturated carbocycles. The van der Waals surface area contributed by atoms with E-state index in [0.29, 0.717) is 34.1 Å². The third kappa shape index (κ3) is 4.64. The van der Waals surface area contributed by atoms with Crippen molar-refractivity contribution in [2.75, 3.05) is 11.4 Å². The molecule has 0 atom stereocenters. The van der Waals surface area contributed by atoms with Crippen molar-refractivity contribution in [1.29, 1.82) is 0 Å². The predicted molar refractivity (Wildman–Crippen MR) is 139 cm³/mol. The van der Waals surface area contributed by atoms with Crippen molar-refractivity contribution >= 4 is 27.5 Å². The van der Waals surface area contributed by atoms with Crippen LogP contribution in [0.4, 0.5) is 10.1 Å². The maximum atomic E-state index is 14.8. The van der Waals surface area contributed by atoms with Crippen LogP contribution >= 0.6 is 0 Å². The van der Waals surface area contributed by atoms with Gasteiger partial charge in [0, 0.05) is 24.4 Å². The van der Waals surface area contributed by atoms with Crippen LogP contribution in [0.25, 0.3) is 22.9 Å². The summed E-state index contributed by atoms with van der Waals surface area (Å²) in [6.07, 6.45) is 3.82. The Morgan fingerprint density at radius 3 is 2.50 bits per heavy atom. The van der Waals surface area contributed by atoms with E-state index in [9.17, 15) is 12.8 Å². The average Bonchev–Trinajstić information content (AvgIpc) is 3.63. The van der Waals surface area contributed by atoms with E-state index in [1.54, 1.807) is 37.3 Å². The van der Waals surface area contributed by atoms with Crippen LogP contribution in [-0.4, -0.2) is 21.5 Å². The Bertz CT molecular complexity index is 1390. The highest BCUT2D eigenvalue weighted by Crippen LogP contribution is 2.34. The highest BCUT2D eigenvalue weighted by Gasteiger charge is 2.24. The van der Waals surface area contributed by atoms with Crippen molar-refractivity contribution in [3.05, 3.63) is 95.8 Å². The van der Waals surface area contributed by atoms with E-state index in [4.69, 9.17) is 0 Å². The molecule has 4 nitrogen and oxygen atoms in total. The standard InChI is InChI=1S/C28H29FN2O2S/c1-6-21-15-22(26-16-23(17-27(29)19(26)3)20(4)30-24-11-12-24)10-13-28(21)31(5)34(32,33)25-9-7-8-18(2)14-25/h6-10,13-17,24,30H,1,4,11-12H2,2-3,5H3. The molecule has 1 aliphatic carbocycles. The normalized spacial score (nSPS) is 13.4. The highest BCUT2D eigenvalue weighted by molar-refractivity contribution is 7.92. The molecule has 0 aromatic heterocycles. The maximum Gasteiger partial charge on any atom is 0.264 e. The molecule has 0 aliphatic heterocycles. The number of sulfonamides is 1. The van der Waals surface area contributed by atoms with Gasteiger partial charge in [-0.1, -0.05) is 37.4 Å². The molecule has 0 bridgehead atoms. The van der Waals surface area contributed by atoms with Crippen molar-refractivity contribution in [2.45, 2.75) is 37.6 Å². The first-order chi connectivity index (χ1) is 16.1. The van der Waals surface area contributed by atoms with Crippen LogP contribution in [0.1, 0.15) is 35.1 Å². The topological polar surface area (TPSA) is 49.4 Å². The fourth-order valence-electron chi connectivity index (χ4n) is 3.95. The zero-order chi connectivity index (χ0) is 24.6. The summed E-state index contributed by atoms with van der Waals surface area (Å²) in [5.41, 5.74) is 5.42. The van der Waals surface area contributed by atoms with Crippen LogP contribution in [-0.2, 0) is 10.0 Å². The summed E-state index contributed by atoms with van der Waals surface area (Å²) < 4.78 is 42.6. The lowest BCUT2D eigenvalue weighted by Crippen LogP contribution is -2.27. The summed E-state index contributed by atoms with van der Waals surface area (Å²) in [5, 5.41) is 3.33. The summed E-state index contributed by atoms with van der Waals surface area (Å²) in [6.45, 7) is 11.6. The van der Waals surface area contributed by atoms with E-state index in [-0.39, 0.29) is 10.7 Å². The van der Waals surface area contributed by atoms with Crippen LogP contribution in [0.2, 0.25) is 0 Å².